The number of hydrogen-bond donors (Lipinski definition) is 1. The molecule has 0 aromatic heterocycles. The fourth-order valence-corrected chi connectivity index (χ4v) is 1.85. The SMILES string of the molecule is CCOc1ccccc1C(=O)Nc1cc([N+](=O)[O-])ccc1F. The van der Waals surface area contributed by atoms with Gasteiger partial charge in [-0.3, -0.25) is 14.9 Å². The number of carbonyl (C=O) groups is 1. The number of carbonyl (C=O) groups excluding carboxylic acids is 1. The van der Waals surface area contributed by atoms with Gasteiger partial charge in [-0.25, -0.2) is 4.39 Å². The molecule has 2 aromatic rings. The normalized spacial score (nSPS) is 10.1. The number of rotatable bonds is 5. The van der Waals surface area contributed by atoms with Gasteiger partial charge in [-0.1, -0.05) is 12.1 Å². The number of non-ortho nitro benzene ring substituents is 1. The minimum atomic E-state index is -0.757. The quantitative estimate of drug-likeness (QED) is 0.678. The fraction of sp³-hybridized carbons (Fsp3) is 0.133. The zero-order valence-electron chi connectivity index (χ0n) is 11.7. The molecule has 0 radical (unpaired) electrons. The van der Waals surface area contributed by atoms with E-state index in [1.54, 1.807) is 25.1 Å². The average Bonchev–Trinajstić information content (AvgIpc) is 2.50. The lowest BCUT2D eigenvalue weighted by atomic mass is 10.1. The summed E-state index contributed by atoms with van der Waals surface area (Å²) in [4.78, 5) is 22.3. The molecule has 22 heavy (non-hydrogen) atoms. The van der Waals surface area contributed by atoms with E-state index in [0.29, 0.717) is 12.4 Å². The van der Waals surface area contributed by atoms with Crippen LogP contribution in [0.15, 0.2) is 42.5 Å². The molecule has 0 spiro atoms. The summed E-state index contributed by atoms with van der Waals surface area (Å²) in [6.07, 6.45) is 0. The number of hydrogen-bond acceptors (Lipinski definition) is 4. The molecule has 0 bridgehead atoms. The third kappa shape index (κ3) is 3.38. The van der Waals surface area contributed by atoms with E-state index in [0.717, 1.165) is 18.2 Å². The number of nitro benzene ring substituents is 1. The van der Waals surface area contributed by atoms with Crippen LogP contribution in [0, 0.1) is 15.9 Å². The van der Waals surface area contributed by atoms with Crippen LogP contribution in [0.1, 0.15) is 17.3 Å². The van der Waals surface area contributed by atoms with Crippen molar-refractivity contribution >= 4 is 17.3 Å². The lowest BCUT2D eigenvalue weighted by Gasteiger charge is -2.10. The molecule has 114 valence electrons. The third-order valence-corrected chi connectivity index (χ3v) is 2.84. The molecule has 2 aromatic carbocycles. The summed E-state index contributed by atoms with van der Waals surface area (Å²) in [5.74, 6) is -1.01. The highest BCUT2D eigenvalue weighted by atomic mass is 19.1. The van der Waals surface area contributed by atoms with Crippen molar-refractivity contribution in [3.8, 4) is 5.75 Å². The first-order valence-corrected chi connectivity index (χ1v) is 6.50. The number of para-hydroxylation sites is 1. The summed E-state index contributed by atoms with van der Waals surface area (Å²) in [5.41, 5.74) is -0.351. The van der Waals surface area contributed by atoms with Crippen molar-refractivity contribution in [2.45, 2.75) is 6.92 Å². The van der Waals surface area contributed by atoms with Crippen molar-refractivity contribution in [2.75, 3.05) is 11.9 Å². The van der Waals surface area contributed by atoms with Crippen LogP contribution in [0.2, 0.25) is 0 Å². The molecular formula is C15H13FN2O4. The first kappa shape index (κ1) is 15.4. The summed E-state index contributed by atoms with van der Waals surface area (Å²) < 4.78 is 19.0. The predicted octanol–water partition coefficient (Wildman–Crippen LogP) is 3.38. The number of nitrogens with one attached hydrogen (secondary N) is 1. The van der Waals surface area contributed by atoms with Gasteiger partial charge in [-0.15, -0.1) is 0 Å². The number of anilines is 1. The van der Waals surface area contributed by atoms with Crippen molar-refractivity contribution in [3.63, 3.8) is 0 Å². The van der Waals surface area contributed by atoms with E-state index < -0.39 is 16.6 Å². The average molecular weight is 304 g/mol. The Hall–Kier alpha value is -2.96. The minimum absolute atomic E-state index is 0.218. The first-order chi connectivity index (χ1) is 10.5. The van der Waals surface area contributed by atoms with Crippen LogP contribution in [0.3, 0.4) is 0 Å². The molecule has 0 aliphatic heterocycles. The van der Waals surface area contributed by atoms with Gasteiger partial charge in [-0.2, -0.15) is 0 Å². The van der Waals surface area contributed by atoms with Gasteiger partial charge in [0.05, 0.1) is 22.8 Å². The maximum atomic E-state index is 13.7. The number of ether oxygens (including phenoxy) is 1. The summed E-state index contributed by atoms with van der Waals surface area (Å²) in [5, 5.41) is 13.0. The Labute approximate surface area is 125 Å². The molecular weight excluding hydrogens is 291 g/mol. The van der Waals surface area contributed by atoms with Gasteiger partial charge < -0.3 is 10.1 Å². The number of nitro groups is 1. The van der Waals surface area contributed by atoms with Gasteiger partial charge in [0.15, 0.2) is 0 Å². The maximum Gasteiger partial charge on any atom is 0.271 e. The smallest absolute Gasteiger partial charge is 0.271 e. The molecule has 2 rings (SSSR count). The van der Waals surface area contributed by atoms with Crippen LogP contribution in [0.25, 0.3) is 0 Å². The summed E-state index contributed by atoms with van der Waals surface area (Å²) in [6, 6.07) is 9.41. The Morgan fingerprint density at radius 1 is 1.32 bits per heavy atom. The van der Waals surface area contributed by atoms with Crippen LogP contribution in [0.4, 0.5) is 15.8 Å². The van der Waals surface area contributed by atoms with Crippen LogP contribution in [-0.4, -0.2) is 17.4 Å². The lowest BCUT2D eigenvalue weighted by Crippen LogP contribution is -2.14. The van der Waals surface area contributed by atoms with Crippen molar-refractivity contribution < 1.29 is 18.8 Å². The topological polar surface area (TPSA) is 81.5 Å². The zero-order valence-corrected chi connectivity index (χ0v) is 11.7. The molecule has 1 N–H and O–H groups in total. The second-order valence-corrected chi connectivity index (χ2v) is 4.30. The number of halogens is 1. The Morgan fingerprint density at radius 2 is 2.05 bits per heavy atom. The molecule has 0 saturated carbocycles. The van der Waals surface area contributed by atoms with Crippen molar-refractivity contribution in [2.24, 2.45) is 0 Å². The molecule has 0 aliphatic carbocycles. The second-order valence-electron chi connectivity index (χ2n) is 4.30. The van der Waals surface area contributed by atoms with Crippen molar-refractivity contribution in [3.05, 3.63) is 64.0 Å². The minimum Gasteiger partial charge on any atom is -0.493 e. The monoisotopic (exact) mass is 304 g/mol. The van der Waals surface area contributed by atoms with Crippen molar-refractivity contribution in [1.82, 2.24) is 0 Å². The number of nitrogens with zero attached hydrogens (tertiary/aromatic N) is 1. The Balaban J connectivity index is 2.29. The van der Waals surface area contributed by atoms with Crippen molar-refractivity contribution in [1.29, 1.82) is 0 Å². The predicted molar refractivity (Wildman–Crippen MR) is 78.6 cm³/mol. The fourth-order valence-electron chi connectivity index (χ4n) is 1.85. The Kier molecular flexibility index (Phi) is 4.67. The maximum absolute atomic E-state index is 13.7. The van der Waals surface area contributed by atoms with Gasteiger partial charge in [0.2, 0.25) is 0 Å². The van der Waals surface area contributed by atoms with Crippen LogP contribution in [0.5, 0.6) is 5.75 Å². The van der Waals surface area contributed by atoms with Gasteiger partial charge in [0.1, 0.15) is 11.6 Å². The molecule has 7 heteroatoms. The number of benzene rings is 2. The van der Waals surface area contributed by atoms with Crippen LogP contribution < -0.4 is 10.1 Å². The van der Waals surface area contributed by atoms with E-state index in [4.69, 9.17) is 4.74 Å². The largest absolute Gasteiger partial charge is 0.493 e. The standard InChI is InChI=1S/C15H13FN2O4/c1-2-22-14-6-4-3-5-11(14)15(19)17-13-9-10(18(20)21)7-8-12(13)16/h3-9H,2H2,1H3,(H,17,19). The highest BCUT2D eigenvalue weighted by molar-refractivity contribution is 6.06. The highest BCUT2D eigenvalue weighted by Crippen LogP contribution is 2.24. The molecule has 0 aliphatic rings. The Morgan fingerprint density at radius 3 is 2.73 bits per heavy atom. The van der Waals surface area contributed by atoms with E-state index in [1.165, 1.54) is 6.07 Å². The van der Waals surface area contributed by atoms with Crippen LogP contribution in [-0.2, 0) is 0 Å². The molecule has 0 unspecified atom stereocenters. The summed E-state index contributed by atoms with van der Waals surface area (Å²) in [6.45, 7) is 2.14. The molecule has 0 fully saturated rings. The number of amides is 1. The summed E-state index contributed by atoms with van der Waals surface area (Å²) >= 11 is 0. The molecule has 0 saturated heterocycles. The highest BCUT2D eigenvalue weighted by Gasteiger charge is 2.16. The lowest BCUT2D eigenvalue weighted by molar-refractivity contribution is -0.384. The third-order valence-electron chi connectivity index (χ3n) is 2.84. The molecule has 0 heterocycles. The van der Waals surface area contributed by atoms with Gasteiger partial charge >= 0.3 is 0 Å². The first-order valence-electron chi connectivity index (χ1n) is 6.50. The molecule has 1 amide bonds. The van der Waals surface area contributed by atoms with E-state index in [9.17, 15) is 19.3 Å². The summed E-state index contributed by atoms with van der Waals surface area (Å²) in [7, 11) is 0. The molecule has 0 atom stereocenters. The van der Waals surface area contributed by atoms with Crippen LogP contribution >= 0.6 is 0 Å². The van der Waals surface area contributed by atoms with Gasteiger partial charge in [0, 0.05) is 12.1 Å². The van der Waals surface area contributed by atoms with Gasteiger partial charge in [0.25, 0.3) is 11.6 Å². The molecule has 6 nitrogen and oxygen atoms in total. The van der Waals surface area contributed by atoms with E-state index in [2.05, 4.69) is 5.32 Å². The van der Waals surface area contributed by atoms with Gasteiger partial charge in [-0.05, 0) is 25.1 Å². The Bertz CT molecular complexity index is 718. The zero-order chi connectivity index (χ0) is 16.1. The van der Waals surface area contributed by atoms with E-state index in [-0.39, 0.29) is 16.9 Å². The second kappa shape index (κ2) is 6.66. The van der Waals surface area contributed by atoms with E-state index >= 15 is 0 Å². The van der Waals surface area contributed by atoms with E-state index in [1.807, 2.05) is 0 Å².